The van der Waals surface area contributed by atoms with Crippen molar-refractivity contribution >= 4 is 0 Å². The van der Waals surface area contributed by atoms with Gasteiger partial charge in [0.05, 0.1) is 0 Å². The largest absolute Gasteiger partial charge is 0.323 e. The number of benzene rings is 1. The molecule has 0 aliphatic carbocycles. The number of hydrogen-bond acceptors (Lipinski definition) is 3. The molecule has 2 rings (SSSR count). The average Bonchev–Trinajstić information content (AvgIpc) is 2.91. The van der Waals surface area contributed by atoms with E-state index in [9.17, 15) is 0 Å². The highest BCUT2D eigenvalue weighted by atomic mass is 15.2. The summed E-state index contributed by atoms with van der Waals surface area (Å²) in [5.74, 6) is 0. The van der Waals surface area contributed by atoms with Gasteiger partial charge in [-0.05, 0) is 58.0 Å². The van der Waals surface area contributed by atoms with Crippen molar-refractivity contribution in [2.45, 2.75) is 51.2 Å². The summed E-state index contributed by atoms with van der Waals surface area (Å²) >= 11 is 0. The highest BCUT2D eigenvalue weighted by Gasteiger charge is 2.26. The molecule has 21 heavy (non-hydrogen) atoms. The molecule has 1 aromatic rings. The minimum Gasteiger partial charge on any atom is -0.323 e. The van der Waals surface area contributed by atoms with Crippen LogP contribution in [0.1, 0.15) is 43.9 Å². The lowest BCUT2D eigenvalue weighted by Crippen LogP contribution is -2.44. The number of rotatable bonds is 6. The maximum absolute atomic E-state index is 6.48. The first-order valence-electron chi connectivity index (χ1n) is 8.27. The van der Waals surface area contributed by atoms with Crippen LogP contribution in [0.15, 0.2) is 24.3 Å². The lowest BCUT2D eigenvalue weighted by molar-refractivity contribution is 0.168. The van der Waals surface area contributed by atoms with Crippen LogP contribution in [0, 0.1) is 0 Å². The Balaban J connectivity index is 1.95. The van der Waals surface area contributed by atoms with Crippen molar-refractivity contribution in [2.24, 2.45) is 5.73 Å². The smallest absolute Gasteiger partial charge is 0.0450 e. The summed E-state index contributed by atoms with van der Waals surface area (Å²) in [6, 6.07) is 9.90. The summed E-state index contributed by atoms with van der Waals surface area (Å²) in [5.41, 5.74) is 9.10. The van der Waals surface area contributed by atoms with Crippen molar-refractivity contribution in [3.63, 3.8) is 0 Å². The third-order valence-electron chi connectivity index (χ3n) is 5.16. The zero-order valence-electron chi connectivity index (χ0n) is 14.0. The second-order valence-corrected chi connectivity index (χ2v) is 6.58. The molecular formula is C18H31N3. The second-order valence-electron chi connectivity index (χ2n) is 6.58. The van der Waals surface area contributed by atoms with Crippen LogP contribution in [0.3, 0.4) is 0 Å². The predicted octanol–water partition coefficient (Wildman–Crippen LogP) is 2.66. The van der Waals surface area contributed by atoms with E-state index in [1.807, 2.05) is 0 Å². The number of likely N-dealkylation sites (tertiary alicyclic amines) is 1. The van der Waals surface area contributed by atoms with Crippen LogP contribution in [-0.2, 0) is 6.42 Å². The Hall–Kier alpha value is -0.900. The van der Waals surface area contributed by atoms with E-state index in [-0.39, 0.29) is 6.04 Å². The van der Waals surface area contributed by atoms with E-state index < -0.39 is 0 Å². The molecule has 118 valence electrons. The zero-order valence-corrected chi connectivity index (χ0v) is 14.0. The maximum atomic E-state index is 6.48. The molecule has 0 spiro atoms. The topological polar surface area (TPSA) is 32.5 Å². The molecule has 1 aliphatic rings. The summed E-state index contributed by atoms with van der Waals surface area (Å²) in [4.78, 5) is 4.90. The first kappa shape index (κ1) is 16.5. The van der Waals surface area contributed by atoms with Gasteiger partial charge in [-0.25, -0.2) is 0 Å². The normalized spacial score (nSPS) is 22.7. The molecule has 1 aliphatic heterocycles. The van der Waals surface area contributed by atoms with Gasteiger partial charge in [0.15, 0.2) is 0 Å². The number of nitrogens with zero attached hydrogens (tertiary/aromatic N) is 2. The molecule has 0 radical (unpaired) electrons. The van der Waals surface area contributed by atoms with Gasteiger partial charge in [-0.2, -0.15) is 0 Å². The molecule has 1 fully saturated rings. The molecule has 3 unspecified atom stereocenters. The van der Waals surface area contributed by atoms with E-state index >= 15 is 0 Å². The van der Waals surface area contributed by atoms with Gasteiger partial charge in [0.1, 0.15) is 0 Å². The van der Waals surface area contributed by atoms with Crippen LogP contribution in [0.5, 0.6) is 0 Å². The van der Waals surface area contributed by atoms with Crippen LogP contribution in [0.2, 0.25) is 0 Å². The Kier molecular flexibility index (Phi) is 5.80. The molecule has 1 saturated heterocycles. The monoisotopic (exact) mass is 289 g/mol. The van der Waals surface area contributed by atoms with Gasteiger partial charge in [0, 0.05) is 24.7 Å². The van der Waals surface area contributed by atoms with Crippen LogP contribution >= 0.6 is 0 Å². The summed E-state index contributed by atoms with van der Waals surface area (Å²) in [5, 5.41) is 0. The predicted molar refractivity (Wildman–Crippen MR) is 90.5 cm³/mol. The van der Waals surface area contributed by atoms with Gasteiger partial charge < -0.3 is 15.5 Å². The van der Waals surface area contributed by atoms with Gasteiger partial charge >= 0.3 is 0 Å². The summed E-state index contributed by atoms with van der Waals surface area (Å²) < 4.78 is 0. The van der Waals surface area contributed by atoms with Crippen molar-refractivity contribution in [2.75, 3.05) is 27.2 Å². The Bertz CT molecular complexity index is 429. The van der Waals surface area contributed by atoms with E-state index in [4.69, 9.17) is 5.73 Å². The quantitative estimate of drug-likeness (QED) is 0.874. The first-order chi connectivity index (χ1) is 10.0. The van der Waals surface area contributed by atoms with Crippen molar-refractivity contribution < 1.29 is 0 Å². The molecule has 0 bridgehead atoms. The Morgan fingerprint density at radius 1 is 1.33 bits per heavy atom. The second kappa shape index (κ2) is 7.39. The molecule has 2 N–H and O–H groups in total. The fourth-order valence-corrected chi connectivity index (χ4v) is 3.24. The number of hydrogen-bond donors (Lipinski definition) is 1. The first-order valence-corrected chi connectivity index (χ1v) is 8.27. The molecule has 3 heteroatoms. The molecule has 0 amide bonds. The fourth-order valence-electron chi connectivity index (χ4n) is 3.24. The van der Waals surface area contributed by atoms with Gasteiger partial charge in [-0.15, -0.1) is 0 Å². The molecule has 0 saturated carbocycles. The summed E-state index contributed by atoms with van der Waals surface area (Å²) in [6.45, 7) is 6.77. The maximum Gasteiger partial charge on any atom is 0.0450 e. The summed E-state index contributed by atoms with van der Waals surface area (Å²) in [7, 11) is 4.44. The molecule has 0 aromatic heterocycles. The number of likely N-dealkylation sites (N-methyl/N-ethyl adjacent to an activating group) is 2. The van der Waals surface area contributed by atoms with Crippen molar-refractivity contribution in [3.8, 4) is 0 Å². The van der Waals surface area contributed by atoms with E-state index in [1.54, 1.807) is 0 Å². The lowest BCUT2D eigenvalue weighted by atomic mass is 9.98. The lowest BCUT2D eigenvalue weighted by Gasteiger charge is -2.33. The standard InChI is InChI=1S/C18H31N3/c1-5-15-8-10-16(11-9-15)18(19)14(2)21(4)13-17-7-6-12-20(17)3/h8-11,14,17-18H,5-7,12-13,19H2,1-4H3. The van der Waals surface area contributed by atoms with E-state index in [0.29, 0.717) is 12.1 Å². The minimum atomic E-state index is 0.0765. The van der Waals surface area contributed by atoms with Crippen LogP contribution in [0.4, 0.5) is 0 Å². The van der Waals surface area contributed by atoms with Gasteiger partial charge in [-0.3, -0.25) is 0 Å². The number of nitrogens with two attached hydrogens (primary N) is 1. The zero-order chi connectivity index (χ0) is 15.4. The van der Waals surface area contributed by atoms with E-state index in [2.05, 4.69) is 62.0 Å². The van der Waals surface area contributed by atoms with Crippen molar-refractivity contribution in [1.82, 2.24) is 9.80 Å². The van der Waals surface area contributed by atoms with Crippen molar-refractivity contribution in [1.29, 1.82) is 0 Å². The average molecular weight is 289 g/mol. The van der Waals surface area contributed by atoms with Gasteiger partial charge in [-0.1, -0.05) is 31.2 Å². The van der Waals surface area contributed by atoms with Crippen molar-refractivity contribution in [3.05, 3.63) is 35.4 Å². The summed E-state index contributed by atoms with van der Waals surface area (Å²) in [6.07, 6.45) is 3.72. The third kappa shape index (κ3) is 4.06. The Morgan fingerprint density at radius 2 is 2.00 bits per heavy atom. The molecule has 1 heterocycles. The molecular weight excluding hydrogens is 258 g/mol. The minimum absolute atomic E-state index is 0.0765. The molecule has 1 aromatic carbocycles. The van der Waals surface area contributed by atoms with Gasteiger partial charge in [0.25, 0.3) is 0 Å². The third-order valence-corrected chi connectivity index (χ3v) is 5.16. The number of aryl methyl sites for hydroxylation is 1. The SMILES string of the molecule is CCc1ccc(C(N)C(C)N(C)CC2CCCN2C)cc1. The molecule has 3 atom stereocenters. The van der Waals surface area contributed by atoms with Gasteiger partial charge in [0.2, 0.25) is 0 Å². The fraction of sp³-hybridized carbons (Fsp3) is 0.667. The van der Waals surface area contributed by atoms with Crippen LogP contribution in [-0.4, -0.2) is 49.1 Å². The Labute approximate surface area is 130 Å². The van der Waals surface area contributed by atoms with E-state index in [1.165, 1.54) is 30.5 Å². The Morgan fingerprint density at radius 3 is 2.52 bits per heavy atom. The van der Waals surface area contributed by atoms with Crippen LogP contribution in [0.25, 0.3) is 0 Å². The van der Waals surface area contributed by atoms with Crippen LogP contribution < -0.4 is 5.73 Å². The molecule has 3 nitrogen and oxygen atoms in total. The highest BCUT2D eigenvalue weighted by molar-refractivity contribution is 5.25. The van der Waals surface area contributed by atoms with E-state index in [0.717, 1.165) is 13.0 Å². The highest BCUT2D eigenvalue weighted by Crippen LogP contribution is 2.21.